The molecule has 1 aliphatic rings. The van der Waals surface area contributed by atoms with Crippen molar-refractivity contribution in [3.05, 3.63) is 88.6 Å². The van der Waals surface area contributed by atoms with Crippen LogP contribution in [0.2, 0.25) is 0 Å². The molecule has 0 fully saturated rings. The van der Waals surface area contributed by atoms with Crippen LogP contribution in [0.1, 0.15) is 36.3 Å². The van der Waals surface area contributed by atoms with Gasteiger partial charge in [0.15, 0.2) is 0 Å². The third kappa shape index (κ3) is 6.45. The number of aromatic nitrogens is 3. The van der Waals surface area contributed by atoms with Gasteiger partial charge in [-0.1, -0.05) is 12.1 Å². The van der Waals surface area contributed by atoms with Gasteiger partial charge in [0, 0.05) is 57.4 Å². The molecule has 3 aromatic rings. The average Bonchev–Trinajstić information content (AvgIpc) is 2.92. The summed E-state index contributed by atoms with van der Waals surface area (Å²) in [6, 6.07) is 11.2. The van der Waals surface area contributed by atoms with Crippen molar-refractivity contribution in [3.63, 3.8) is 0 Å². The van der Waals surface area contributed by atoms with Crippen molar-refractivity contribution in [2.75, 3.05) is 31.1 Å². The molecule has 2 aromatic heterocycles. The van der Waals surface area contributed by atoms with E-state index in [1.54, 1.807) is 46.3 Å². The first-order chi connectivity index (χ1) is 17.8. The Morgan fingerprint density at radius 1 is 1.00 bits per heavy atom. The Morgan fingerprint density at radius 2 is 1.81 bits per heavy atom. The Morgan fingerprint density at radius 3 is 2.54 bits per heavy atom. The first kappa shape index (κ1) is 26.2. The van der Waals surface area contributed by atoms with Crippen molar-refractivity contribution in [1.82, 2.24) is 24.3 Å². The summed E-state index contributed by atoms with van der Waals surface area (Å²) in [6.07, 6.45) is 5.12. The van der Waals surface area contributed by atoms with E-state index >= 15 is 0 Å². The van der Waals surface area contributed by atoms with Crippen LogP contribution in [0.4, 0.5) is 10.1 Å². The fourth-order valence-corrected chi connectivity index (χ4v) is 4.44. The van der Waals surface area contributed by atoms with Gasteiger partial charge in [0.05, 0.1) is 5.69 Å². The summed E-state index contributed by atoms with van der Waals surface area (Å²) < 4.78 is 15.8. The van der Waals surface area contributed by atoms with E-state index in [0.717, 1.165) is 0 Å². The summed E-state index contributed by atoms with van der Waals surface area (Å²) in [7, 11) is 0. The molecular formula is C27H31FN6O3. The van der Waals surface area contributed by atoms with Crippen LogP contribution in [0.3, 0.4) is 0 Å². The molecule has 4 rings (SSSR count). The van der Waals surface area contributed by atoms with Gasteiger partial charge in [-0.05, 0) is 56.2 Å². The summed E-state index contributed by atoms with van der Waals surface area (Å²) in [5, 5.41) is 0. The van der Waals surface area contributed by atoms with E-state index in [1.165, 1.54) is 29.1 Å². The highest BCUT2D eigenvalue weighted by Crippen LogP contribution is 2.26. The van der Waals surface area contributed by atoms with Gasteiger partial charge in [-0.2, -0.15) is 0 Å². The number of nitrogens with zero attached hydrogens (tertiary/aromatic N) is 6. The average molecular weight is 507 g/mol. The fourth-order valence-electron chi connectivity index (χ4n) is 4.44. The molecule has 0 aliphatic carbocycles. The normalized spacial score (nSPS) is 15.2. The third-order valence-electron chi connectivity index (χ3n) is 6.48. The van der Waals surface area contributed by atoms with Crippen LogP contribution in [-0.2, 0) is 17.9 Å². The van der Waals surface area contributed by atoms with Crippen LogP contribution in [-0.4, -0.2) is 68.4 Å². The van der Waals surface area contributed by atoms with Gasteiger partial charge in [0.25, 0.3) is 5.91 Å². The lowest BCUT2D eigenvalue weighted by atomic mass is 10.1. The van der Waals surface area contributed by atoms with Crippen molar-refractivity contribution in [1.29, 1.82) is 0 Å². The van der Waals surface area contributed by atoms with Crippen molar-refractivity contribution in [2.45, 2.75) is 39.4 Å². The molecule has 0 bridgehead atoms. The van der Waals surface area contributed by atoms with Crippen LogP contribution in [0.15, 0.2) is 65.8 Å². The Kier molecular flexibility index (Phi) is 8.39. The highest BCUT2D eigenvalue weighted by atomic mass is 19.1. The molecule has 9 nitrogen and oxygen atoms in total. The Balaban J connectivity index is 1.72. The molecule has 1 aliphatic heterocycles. The number of fused-ring (bicyclic) bond motifs is 1. The van der Waals surface area contributed by atoms with E-state index in [-0.39, 0.29) is 36.6 Å². The van der Waals surface area contributed by atoms with Crippen molar-refractivity contribution in [3.8, 4) is 0 Å². The SMILES string of the molecule is CC(C)N1CCCN(C(=O)c2ccccn2)c2cc(F)ccc2CN(C(=O)Cn2cccnc2=O)CC1. The minimum absolute atomic E-state index is 0.154. The van der Waals surface area contributed by atoms with Gasteiger partial charge >= 0.3 is 5.69 Å². The van der Waals surface area contributed by atoms with E-state index in [2.05, 4.69) is 28.7 Å². The molecule has 0 N–H and O–H groups in total. The number of amides is 2. The lowest BCUT2D eigenvalue weighted by Crippen LogP contribution is -2.43. The summed E-state index contributed by atoms with van der Waals surface area (Å²) in [5.41, 5.74) is 0.796. The fraction of sp³-hybridized carbons (Fsp3) is 0.370. The summed E-state index contributed by atoms with van der Waals surface area (Å²) in [5.74, 6) is -1.07. The Bertz CT molecular complexity index is 1300. The van der Waals surface area contributed by atoms with Crippen LogP contribution < -0.4 is 10.6 Å². The molecule has 3 heterocycles. The number of hydrogen-bond acceptors (Lipinski definition) is 6. The Labute approximate surface area is 215 Å². The van der Waals surface area contributed by atoms with E-state index in [1.807, 2.05) is 0 Å². The lowest BCUT2D eigenvalue weighted by molar-refractivity contribution is -0.132. The standard InChI is InChI=1S/C27H31FN6O3/c1-20(2)31-13-6-14-34(26(36)23-7-3-4-10-29-23)24-17-22(28)9-8-21(24)18-32(16-15-31)25(35)19-33-12-5-11-30-27(33)37/h3-5,7-12,17,20H,6,13-16,18-19H2,1-2H3. The smallest absolute Gasteiger partial charge is 0.335 e. The molecule has 2 amide bonds. The first-order valence-corrected chi connectivity index (χ1v) is 12.4. The molecule has 1 aromatic carbocycles. The monoisotopic (exact) mass is 506 g/mol. The molecule has 10 heteroatoms. The van der Waals surface area contributed by atoms with E-state index in [0.29, 0.717) is 43.9 Å². The van der Waals surface area contributed by atoms with Crippen LogP contribution in [0.5, 0.6) is 0 Å². The second-order valence-electron chi connectivity index (χ2n) is 9.27. The van der Waals surface area contributed by atoms with Gasteiger partial charge in [0.2, 0.25) is 5.91 Å². The van der Waals surface area contributed by atoms with E-state index < -0.39 is 11.5 Å². The Hall–Kier alpha value is -3.92. The van der Waals surface area contributed by atoms with Crippen LogP contribution >= 0.6 is 0 Å². The highest BCUT2D eigenvalue weighted by molar-refractivity contribution is 6.05. The van der Waals surface area contributed by atoms with Gasteiger partial charge in [0.1, 0.15) is 18.1 Å². The number of carbonyl (C=O) groups excluding carboxylic acids is 2. The molecule has 0 saturated heterocycles. The third-order valence-corrected chi connectivity index (χ3v) is 6.48. The predicted molar refractivity (Wildman–Crippen MR) is 138 cm³/mol. The maximum absolute atomic E-state index is 14.5. The second-order valence-corrected chi connectivity index (χ2v) is 9.27. The predicted octanol–water partition coefficient (Wildman–Crippen LogP) is 2.57. The number of benzene rings is 1. The summed E-state index contributed by atoms with van der Waals surface area (Å²) >= 11 is 0. The van der Waals surface area contributed by atoms with Crippen molar-refractivity contribution in [2.24, 2.45) is 0 Å². The molecule has 0 unspecified atom stereocenters. The largest absolute Gasteiger partial charge is 0.347 e. The number of halogens is 1. The quantitative estimate of drug-likeness (QED) is 0.540. The number of pyridine rings is 1. The zero-order valence-corrected chi connectivity index (χ0v) is 21.1. The molecule has 0 saturated carbocycles. The molecule has 194 valence electrons. The highest BCUT2D eigenvalue weighted by Gasteiger charge is 2.26. The second kappa shape index (κ2) is 11.9. The molecule has 0 radical (unpaired) electrons. The number of carbonyl (C=O) groups is 2. The number of rotatable bonds is 4. The molecule has 0 atom stereocenters. The van der Waals surface area contributed by atoms with Gasteiger partial charge < -0.3 is 9.80 Å². The van der Waals surface area contributed by atoms with Crippen LogP contribution in [0, 0.1) is 5.82 Å². The number of anilines is 1. The van der Waals surface area contributed by atoms with Gasteiger partial charge in [-0.3, -0.25) is 24.0 Å². The lowest BCUT2D eigenvalue weighted by Gasteiger charge is -2.30. The molecular weight excluding hydrogens is 475 g/mol. The molecule has 37 heavy (non-hydrogen) atoms. The topological polar surface area (TPSA) is 91.6 Å². The zero-order valence-electron chi connectivity index (χ0n) is 21.1. The van der Waals surface area contributed by atoms with E-state index in [4.69, 9.17) is 0 Å². The van der Waals surface area contributed by atoms with E-state index in [9.17, 15) is 18.8 Å². The van der Waals surface area contributed by atoms with Gasteiger partial charge in [-0.15, -0.1) is 0 Å². The van der Waals surface area contributed by atoms with Crippen molar-refractivity contribution < 1.29 is 14.0 Å². The van der Waals surface area contributed by atoms with Gasteiger partial charge in [-0.25, -0.2) is 14.2 Å². The summed E-state index contributed by atoms with van der Waals surface area (Å²) in [6.45, 7) is 6.26. The zero-order chi connectivity index (χ0) is 26.4. The first-order valence-electron chi connectivity index (χ1n) is 12.4. The minimum Gasteiger partial charge on any atom is -0.335 e. The summed E-state index contributed by atoms with van der Waals surface area (Å²) in [4.78, 5) is 52.5. The number of hydrogen-bond donors (Lipinski definition) is 0. The molecule has 0 spiro atoms. The maximum Gasteiger partial charge on any atom is 0.347 e. The van der Waals surface area contributed by atoms with Crippen LogP contribution in [0.25, 0.3) is 0 Å². The maximum atomic E-state index is 14.5. The minimum atomic E-state index is -0.507. The van der Waals surface area contributed by atoms with Crippen molar-refractivity contribution >= 4 is 17.5 Å².